The minimum atomic E-state index is -0.743. The highest BCUT2D eigenvalue weighted by Gasteiger charge is 2.18. The molecule has 0 saturated heterocycles. The van der Waals surface area contributed by atoms with Gasteiger partial charge in [0.15, 0.2) is 17.7 Å². The maximum absolute atomic E-state index is 14.0. The number of nitrogens with two attached hydrogens (primary N) is 1. The topological polar surface area (TPSA) is 64.3 Å². The van der Waals surface area contributed by atoms with Crippen molar-refractivity contribution in [3.63, 3.8) is 0 Å². The molecular formula is C16H25FN2O2. The number of hydrogen-bond donors (Lipinski definition) is 2. The number of benzene rings is 1. The Hall–Kier alpha value is -1.62. The predicted octanol–water partition coefficient (Wildman–Crippen LogP) is 2.40. The molecule has 0 fully saturated rings. The Labute approximate surface area is 125 Å². The fourth-order valence-electron chi connectivity index (χ4n) is 1.84. The van der Waals surface area contributed by atoms with Gasteiger partial charge >= 0.3 is 0 Å². The molecule has 0 radical (unpaired) electrons. The minimum Gasteiger partial charge on any atom is -0.478 e. The Morgan fingerprint density at radius 1 is 1.38 bits per heavy atom. The van der Waals surface area contributed by atoms with Gasteiger partial charge < -0.3 is 15.8 Å². The van der Waals surface area contributed by atoms with Crippen molar-refractivity contribution in [1.82, 2.24) is 5.32 Å². The average molecular weight is 296 g/mol. The van der Waals surface area contributed by atoms with E-state index in [9.17, 15) is 9.18 Å². The van der Waals surface area contributed by atoms with Gasteiger partial charge in [-0.2, -0.15) is 0 Å². The van der Waals surface area contributed by atoms with E-state index in [-0.39, 0.29) is 23.7 Å². The van der Waals surface area contributed by atoms with Crippen molar-refractivity contribution in [3.05, 3.63) is 29.6 Å². The van der Waals surface area contributed by atoms with Crippen LogP contribution in [0.1, 0.15) is 39.7 Å². The van der Waals surface area contributed by atoms with Crippen LogP contribution in [0.2, 0.25) is 0 Å². The Morgan fingerprint density at radius 2 is 2.05 bits per heavy atom. The number of ether oxygens (including phenoxy) is 1. The summed E-state index contributed by atoms with van der Waals surface area (Å²) in [5.41, 5.74) is 6.50. The zero-order valence-corrected chi connectivity index (χ0v) is 13.2. The number of amides is 1. The van der Waals surface area contributed by atoms with E-state index in [0.717, 1.165) is 12.0 Å². The first-order chi connectivity index (χ1) is 9.83. The molecule has 0 aromatic heterocycles. The van der Waals surface area contributed by atoms with Crippen LogP contribution >= 0.6 is 0 Å². The molecule has 1 amide bonds. The van der Waals surface area contributed by atoms with Gasteiger partial charge in [0.2, 0.25) is 0 Å². The Balaban J connectivity index is 2.68. The summed E-state index contributed by atoms with van der Waals surface area (Å²) in [6.07, 6.45) is 0.688. The lowest BCUT2D eigenvalue weighted by Crippen LogP contribution is -2.41. The first-order valence-corrected chi connectivity index (χ1v) is 7.34. The second-order valence-corrected chi connectivity index (χ2v) is 5.52. The van der Waals surface area contributed by atoms with E-state index in [2.05, 4.69) is 5.32 Å². The predicted molar refractivity (Wildman–Crippen MR) is 81.7 cm³/mol. The van der Waals surface area contributed by atoms with E-state index in [4.69, 9.17) is 10.5 Å². The zero-order valence-electron chi connectivity index (χ0n) is 13.2. The molecule has 1 rings (SSSR count). The highest BCUT2D eigenvalue weighted by Crippen LogP contribution is 2.20. The molecule has 0 saturated carbocycles. The average Bonchev–Trinajstić information content (AvgIpc) is 2.40. The smallest absolute Gasteiger partial charge is 0.260 e. The molecule has 118 valence electrons. The Bertz CT molecular complexity index is 477. The second-order valence-electron chi connectivity index (χ2n) is 5.52. The summed E-state index contributed by atoms with van der Waals surface area (Å²) in [4.78, 5) is 11.9. The van der Waals surface area contributed by atoms with E-state index in [0.29, 0.717) is 6.42 Å². The quantitative estimate of drug-likeness (QED) is 0.812. The number of rotatable bonds is 7. The van der Waals surface area contributed by atoms with Gasteiger partial charge in [-0.3, -0.25) is 4.79 Å². The largest absolute Gasteiger partial charge is 0.478 e. The standard InChI is InChI=1S/C16H25FN2O2/c1-5-11(3)19-16(20)12(4)21-15-7-6-13(8-10(2)18)9-14(15)17/h6-7,9-12H,5,8,18H2,1-4H3,(H,19,20). The number of carbonyl (C=O) groups excluding carboxylic acids is 1. The van der Waals surface area contributed by atoms with Gasteiger partial charge in [0.1, 0.15) is 0 Å². The highest BCUT2D eigenvalue weighted by molar-refractivity contribution is 5.80. The van der Waals surface area contributed by atoms with Crippen molar-refractivity contribution in [1.29, 1.82) is 0 Å². The Kier molecular flexibility index (Phi) is 6.62. The molecule has 21 heavy (non-hydrogen) atoms. The molecule has 0 spiro atoms. The van der Waals surface area contributed by atoms with Gasteiger partial charge in [0.05, 0.1) is 0 Å². The maximum Gasteiger partial charge on any atom is 0.260 e. The summed E-state index contributed by atoms with van der Waals surface area (Å²) in [5.74, 6) is -0.644. The van der Waals surface area contributed by atoms with Gasteiger partial charge in [-0.1, -0.05) is 13.0 Å². The maximum atomic E-state index is 14.0. The van der Waals surface area contributed by atoms with Crippen LogP contribution < -0.4 is 15.8 Å². The number of carbonyl (C=O) groups is 1. The summed E-state index contributed by atoms with van der Waals surface area (Å²) < 4.78 is 19.3. The number of nitrogens with one attached hydrogen (secondary N) is 1. The number of halogens is 1. The summed E-state index contributed by atoms with van der Waals surface area (Å²) in [7, 11) is 0. The number of hydrogen-bond acceptors (Lipinski definition) is 3. The lowest BCUT2D eigenvalue weighted by molar-refractivity contribution is -0.127. The van der Waals surface area contributed by atoms with Gasteiger partial charge in [-0.05, 0) is 51.3 Å². The van der Waals surface area contributed by atoms with E-state index in [1.54, 1.807) is 19.1 Å². The van der Waals surface area contributed by atoms with Crippen molar-refractivity contribution in [2.45, 2.75) is 58.7 Å². The molecule has 0 bridgehead atoms. The fraction of sp³-hybridized carbons (Fsp3) is 0.562. The van der Waals surface area contributed by atoms with Crippen molar-refractivity contribution in [3.8, 4) is 5.75 Å². The third kappa shape index (κ3) is 5.71. The van der Waals surface area contributed by atoms with E-state index >= 15 is 0 Å². The van der Waals surface area contributed by atoms with Gasteiger partial charge in [0, 0.05) is 12.1 Å². The summed E-state index contributed by atoms with van der Waals surface area (Å²) >= 11 is 0. The van der Waals surface area contributed by atoms with Crippen molar-refractivity contribution >= 4 is 5.91 Å². The molecule has 0 aliphatic carbocycles. The molecular weight excluding hydrogens is 271 g/mol. The van der Waals surface area contributed by atoms with E-state index in [1.807, 2.05) is 20.8 Å². The van der Waals surface area contributed by atoms with Gasteiger partial charge in [-0.25, -0.2) is 4.39 Å². The van der Waals surface area contributed by atoms with Crippen LogP contribution in [0.4, 0.5) is 4.39 Å². The molecule has 1 aromatic rings. The van der Waals surface area contributed by atoms with Crippen LogP contribution in [-0.2, 0) is 11.2 Å². The molecule has 0 aliphatic heterocycles. The van der Waals surface area contributed by atoms with Gasteiger partial charge in [-0.15, -0.1) is 0 Å². The third-order valence-electron chi connectivity index (χ3n) is 3.23. The molecule has 0 aliphatic rings. The molecule has 4 nitrogen and oxygen atoms in total. The summed E-state index contributed by atoms with van der Waals surface area (Å²) in [5, 5.41) is 2.80. The monoisotopic (exact) mass is 296 g/mol. The lowest BCUT2D eigenvalue weighted by Gasteiger charge is -2.18. The van der Waals surface area contributed by atoms with Crippen LogP contribution in [0, 0.1) is 5.82 Å². The van der Waals surface area contributed by atoms with E-state index < -0.39 is 11.9 Å². The first-order valence-electron chi connectivity index (χ1n) is 7.34. The molecule has 3 atom stereocenters. The first kappa shape index (κ1) is 17.4. The van der Waals surface area contributed by atoms with Crippen LogP contribution in [0.5, 0.6) is 5.75 Å². The SMILES string of the molecule is CCC(C)NC(=O)C(C)Oc1ccc(CC(C)N)cc1F. The van der Waals surface area contributed by atoms with Crippen LogP contribution in [0.15, 0.2) is 18.2 Å². The lowest BCUT2D eigenvalue weighted by atomic mass is 10.1. The third-order valence-corrected chi connectivity index (χ3v) is 3.23. The van der Waals surface area contributed by atoms with Crippen LogP contribution in [0.25, 0.3) is 0 Å². The van der Waals surface area contributed by atoms with Crippen molar-refractivity contribution in [2.75, 3.05) is 0 Å². The zero-order chi connectivity index (χ0) is 16.0. The molecule has 1 aromatic carbocycles. The molecule has 3 N–H and O–H groups in total. The second kappa shape index (κ2) is 7.98. The van der Waals surface area contributed by atoms with Crippen molar-refractivity contribution < 1.29 is 13.9 Å². The summed E-state index contributed by atoms with van der Waals surface area (Å²) in [6.45, 7) is 7.36. The summed E-state index contributed by atoms with van der Waals surface area (Å²) in [6, 6.07) is 4.75. The normalized spacial score (nSPS) is 15.1. The Morgan fingerprint density at radius 3 is 2.57 bits per heavy atom. The van der Waals surface area contributed by atoms with Gasteiger partial charge in [0.25, 0.3) is 5.91 Å². The molecule has 0 heterocycles. The van der Waals surface area contributed by atoms with Crippen LogP contribution in [0.3, 0.4) is 0 Å². The van der Waals surface area contributed by atoms with Crippen LogP contribution in [-0.4, -0.2) is 24.1 Å². The molecule has 3 unspecified atom stereocenters. The molecule has 5 heteroatoms. The van der Waals surface area contributed by atoms with E-state index in [1.165, 1.54) is 6.07 Å². The fourth-order valence-corrected chi connectivity index (χ4v) is 1.84. The minimum absolute atomic E-state index is 0.0311. The van der Waals surface area contributed by atoms with Crippen molar-refractivity contribution in [2.24, 2.45) is 5.73 Å². The highest BCUT2D eigenvalue weighted by atomic mass is 19.1.